The highest BCUT2D eigenvalue weighted by molar-refractivity contribution is 14.0. The maximum absolute atomic E-state index is 11.7. The number of halogens is 1. The van der Waals surface area contributed by atoms with Gasteiger partial charge in [0.2, 0.25) is 5.91 Å². The van der Waals surface area contributed by atoms with Gasteiger partial charge in [0, 0.05) is 33.3 Å². The molecule has 0 aliphatic heterocycles. The molecule has 28 heavy (non-hydrogen) atoms. The van der Waals surface area contributed by atoms with Crippen molar-refractivity contribution in [3.8, 4) is 0 Å². The molecule has 1 heterocycles. The number of nitrogens with zero attached hydrogens (tertiary/aromatic N) is 3. The number of para-hydroxylation sites is 2. The highest BCUT2D eigenvalue weighted by Crippen LogP contribution is 2.15. The second-order valence-corrected chi connectivity index (χ2v) is 6.12. The van der Waals surface area contributed by atoms with Gasteiger partial charge in [-0.05, 0) is 32.4 Å². The van der Waals surface area contributed by atoms with Crippen molar-refractivity contribution in [2.75, 3.05) is 39.9 Å². The number of hydrogen-bond donors (Lipinski definition) is 3. The molecule has 0 fully saturated rings. The van der Waals surface area contributed by atoms with Crippen molar-refractivity contribution in [2.24, 2.45) is 4.99 Å². The lowest BCUT2D eigenvalue weighted by molar-refractivity contribution is -0.119. The number of amides is 1. The Hall–Kier alpha value is -1.88. The summed E-state index contributed by atoms with van der Waals surface area (Å²) in [6.07, 6.45) is 0.922. The monoisotopic (exact) mass is 502 g/mol. The number of aryl methyl sites for hydroxylation is 2. The van der Waals surface area contributed by atoms with E-state index in [1.807, 2.05) is 32.0 Å². The van der Waals surface area contributed by atoms with Gasteiger partial charge in [-0.3, -0.25) is 4.79 Å². The normalized spacial score (nSPS) is 11.2. The standard InChI is InChI=1S/C19H30N6O2.HI/c1-4-20-19(23-14-18(26)21-11-13-27-3)22-10-7-12-25-15(2)24-16-8-5-6-9-17(16)25;/h5-6,8-9H,4,7,10-14H2,1-3H3,(H,21,26)(H2,20,22,23);1H. The molecule has 1 aromatic heterocycles. The molecule has 1 amide bonds. The van der Waals surface area contributed by atoms with Crippen molar-refractivity contribution in [1.82, 2.24) is 25.5 Å². The topological polar surface area (TPSA) is 92.6 Å². The minimum absolute atomic E-state index is 0. The number of methoxy groups -OCH3 is 1. The molecule has 0 atom stereocenters. The Labute approximate surface area is 183 Å². The van der Waals surface area contributed by atoms with E-state index in [1.54, 1.807) is 7.11 Å². The first-order chi connectivity index (χ1) is 13.2. The third-order valence-electron chi connectivity index (χ3n) is 4.05. The molecule has 2 rings (SSSR count). The first-order valence-corrected chi connectivity index (χ1v) is 9.35. The number of nitrogens with one attached hydrogen (secondary N) is 3. The van der Waals surface area contributed by atoms with Crippen LogP contribution in [0.5, 0.6) is 0 Å². The maximum atomic E-state index is 11.7. The van der Waals surface area contributed by atoms with Gasteiger partial charge in [-0.25, -0.2) is 9.98 Å². The molecule has 8 nitrogen and oxygen atoms in total. The smallest absolute Gasteiger partial charge is 0.241 e. The number of guanidine groups is 1. The number of rotatable bonds is 10. The van der Waals surface area contributed by atoms with Crippen molar-refractivity contribution in [3.63, 3.8) is 0 Å². The van der Waals surface area contributed by atoms with Gasteiger partial charge >= 0.3 is 0 Å². The molecule has 0 aliphatic carbocycles. The number of imidazole rings is 1. The molecule has 0 saturated heterocycles. The van der Waals surface area contributed by atoms with Crippen LogP contribution in [0.15, 0.2) is 29.3 Å². The molecule has 0 bridgehead atoms. The zero-order chi connectivity index (χ0) is 19.5. The predicted octanol–water partition coefficient (Wildman–Crippen LogP) is 1.67. The van der Waals surface area contributed by atoms with Crippen LogP contribution in [0, 0.1) is 6.92 Å². The summed E-state index contributed by atoms with van der Waals surface area (Å²) in [5.41, 5.74) is 2.18. The van der Waals surface area contributed by atoms with Gasteiger partial charge < -0.3 is 25.3 Å². The third-order valence-corrected chi connectivity index (χ3v) is 4.05. The Balaban J connectivity index is 0.00000392. The van der Waals surface area contributed by atoms with E-state index >= 15 is 0 Å². The van der Waals surface area contributed by atoms with Gasteiger partial charge in [-0.2, -0.15) is 0 Å². The van der Waals surface area contributed by atoms with E-state index in [-0.39, 0.29) is 36.4 Å². The lowest BCUT2D eigenvalue weighted by Crippen LogP contribution is -2.39. The van der Waals surface area contributed by atoms with Gasteiger partial charge in [-0.1, -0.05) is 12.1 Å². The van der Waals surface area contributed by atoms with Crippen LogP contribution in [0.4, 0.5) is 0 Å². The van der Waals surface area contributed by atoms with Gasteiger partial charge in [0.15, 0.2) is 5.96 Å². The van der Waals surface area contributed by atoms with E-state index in [0.717, 1.165) is 42.9 Å². The zero-order valence-corrected chi connectivity index (χ0v) is 19.2. The predicted molar refractivity (Wildman–Crippen MR) is 123 cm³/mol. The minimum Gasteiger partial charge on any atom is -0.383 e. The van der Waals surface area contributed by atoms with Gasteiger partial charge in [0.1, 0.15) is 12.4 Å². The lowest BCUT2D eigenvalue weighted by atomic mass is 10.3. The molecule has 0 unspecified atom stereocenters. The van der Waals surface area contributed by atoms with Crippen molar-refractivity contribution < 1.29 is 9.53 Å². The van der Waals surface area contributed by atoms with Crippen LogP contribution in [0.1, 0.15) is 19.2 Å². The summed E-state index contributed by atoms with van der Waals surface area (Å²) in [7, 11) is 1.60. The van der Waals surface area contributed by atoms with Crippen molar-refractivity contribution >= 4 is 46.9 Å². The number of ether oxygens (including phenoxy) is 1. The fraction of sp³-hybridized carbons (Fsp3) is 0.526. The van der Waals surface area contributed by atoms with Crippen LogP contribution in [0.3, 0.4) is 0 Å². The van der Waals surface area contributed by atoms with E-state index in [4.69, 9.17) is 4.74 Å². The molecule has 1 aromatic carbocycles. The van der Waals surface area contributed by atoms with E-state index in [0.29, 0.717) is 19.1 Å². The molecule has 2 aromatic rings. The van der Waals surface area contributed by atoms with Crippen LogP contribution in [0.25, 0.3) is 11.0 Å². The Bertz CT molecular complexity index is 762. The first kappa shape index (κ1) is 24.2. The average molecular weight is 502 g/mol. The molecular weight excluding hydrogens is 471 g/mol. The SMILES string of the molecule is CCNC(=NCC(=O)NCCOC)NCCCn1c(C)nc2ccccc21.I. The summed E-state index contributed by atoms with van der Waals surface area (Å²) in [6, 6.07) is 8.16. The quantitative estimate of drug-likeness (QED) is 0.199. The van der Waals surface area contributed by atoms with Gasteiger partial charge in [0.25, 0.3) is 0 Å². The summed E-state index contributed by atoms with van der Waals surface area (Å²) < 4.78 is 7.13. The molecule has 0 aliphatic rings. The number of fused-ring (bicyclic) bond motifs is 1. The number of hydrogen-bond acceptors (Lipinski definition) is 4. The Kier molecular flexibility index (Phi) is 11.5. The molecule has 0 saturated carbocycles. The number of carbonyl (C=O) groups is 1. The number of benzene rings is 1. The molecule has 9 heteroatoms. The van der Waals surface area contributed by atoms with Crippen molar-refractivity contribution in [2.45, 2.75) is 26.8 Å². The van der Waals surface area contributed by atoms with Gasteiger partial charge in [-0.15, -0.1) is 24.0 Å². The van der Waals surface area contributed by atoms with Crippen LogP contribution in [-0.2, 0) is 16.1 Å². The molecular formula is C19H31IN6O2. The second-order valence-electron chi connectivity index (χ2n) is 6.12. The van der Waals surface area contributed by atoms with Crippen LogP contribution in [-0.4, -0.2) is 61.3 Å². The molecule has 0 radical (unpaired) electrons. The Morgan fingerprint density at radius 1 is 1.21 bits per heavy atom. The average Bonchev–Trinajstić information content (AvgIpc) is 2.98. The van der Waals surface area contributed by atoms with E-state index in [2.05, 4.69) is 36.6 Å². The zero-order valence-electron chi connectivity index (χ0n) is 16.8. The highest BCUT2D eigenvalue weighted by Gasteiger charge is 2.06. The summed E-state index contributed by atoms with van der Waals surface area (Å²) in [5.74, 6) is 1.54. The summed E-state index contributed by atoms with van der Waals surface area (Å²) in [5, 5.41) is 9.18. The number of aromatic nitrogens is 2. The largest absolute Gasteiger partial charge is 0.383 e. The number of carbonyl (C=O) groups excluding carboxylic acids is 1. The van der Waals surface area contributed by atoms with Crippen LogP contribution >= 0.6 is 24.0 Å². The molecule has 3 N–H and O–H groups in total. The fourth-order valence-corrected chi connectivity index (χ4v) is 2.76. The number of aliphatic imine (C=N–C) groups is 1. The fourth-order valence-electron chi connectivity index (χ4n) is 2.76. The first-order valence-electron chi connectivity index (χ1n) is 9.35. The highest BCUT2D eigenvalue weighted by atomic mass is 127. The van der Waals surface area contributed by atoms with Crippen LogP contribution in [0.2, 0.25) is 0 Å². The summed E-state index contributed by atoms with van der Waals surface area (Å²) in [4.78, 5) is 20.6. The van der Waals surface area contributed by atoms with E-state index in [1.165, 1.54) is 0 Å². The van der Waals surface area contributed by atoms with Gasteiger partial charge in [0.05, 0.1) is 17.6 Å². The van der Waals surface area contributed by atoms with Crippen molar-refractivity contribution in [1.29, 1.82) is 0 Å². The molecule has 0 spiro atoms. The van der Waals surface area contributed by atoms with E-state index < -0.39 is 0 Å². The lowest BCUT2D eigenvalue weighted by Gasteiger charge is -2.12. The Morgan fingerprint density at radius 3 is 2.75 bits per heavy atom. The summed E-state index contributed by atoms with van der Waals surface area (Å²) >= 11 is 0. The van der Waals surface area contributed by atoms with Crippen LogP contribution < -0.4 is 16.0 Å². The Morgan fingerprint density at radius 2 is 2.00 bits per heavy atom. The van der Waals surface area contributed by atoms with Crippen molar-refractivity contribution in [3.05, 3.63) is 30.1 Å². The maximum Gasteiger partial charge on any atom is 0.241 e. The summed E-state index contributed by atoms with van der Waals surface area (Å²) in [6.45, 7) is 7.47. The van der Waals surface area contributed by atoms with E-state index in [9.17, 15) is 4.79 Å². The minimum atomic E-state index is -0.121. The second kappa shape index (κ2) is 13.3. The molecule has 156 valence electrons. The third kappa shape index (κ3) is 7.63.